The molecular formula is C18H18O4. The van der Waals surface area contributed by atoms with Crippen molar-refractivity contribution in [3.05, 3.63) is 59.2 Å². The minimum atomic E-state index is -0.920. The first kappa shape index (κ1) is 14.4. The van der Waals surface area contributed by atoms with Gasteiger partial charge in [0.2, 0.25) is 0 Å². The summed E-state index contributed by atoms with van der Waals surface area (Å²) in [7, 11) is 0. The average molecular weight is 298 g/mol. The van der Waals surface area contributed by atoms with Crippen molar-refractivity contribution in [1.29, 1.82) is 0 Å². The van der Waals surface area contributed by atoms with Gasteiger partial charge in [0.15, 0.2) is 0 Å². The summed E-state index contributed by atoms with van der Waals surface area (Å²) in [5.41, 5.74) is 2.34. The molecule has 1 aliphatic rings. The molecule has 2 aromatic carbocycles. The molecule has 0 radical (unpaired) electrons. The Hall–Kier alpha value is -2.49. The molecule has 1 atom stereocenters. The molecule has 4 heteroatoms. The smallest absolute Gasteiger partial charge is 0.335 e. The van der Waals surface area contributed by atoms with Gasteiger partial charge in [0, 0.05) is 6.07 Å². The number of fused-ring (bicyclic) bond motifs is 1. The summed E-state index contributed by atoms with van der Waals surface area (Å²) < 4.78 is 11.6. The molecule has 1 unspecified atom stereocenters. The van der Waals surface area contributed by atoms with Crippen molar-refractivity contribution in [2.75, 3.05) is 6.61 Å². The van der Waals surface area contributed by atoms with E-state index in [9.17, 15) is 4.79 Å². The number of carbonyl (C=O) groups is 1. The Morgan fingerprint density at radius 3 is 2.95 bits per heavy atom. The number of rotatable bonds is 4. The third-order valence-electron chi connectivity index (χ3n) is 3.80. The van der Waals surface area contributed by atoms with Crippen LogP contribution in [0.3, 0.4) is 0 Å². The average Bonchev–Trinajstić information content (AvgIpc) is 2.54. The predicted molar refractivity (Wildman–Crippen MR) is 82.7 cm³/mol. The molecule has 0 bridgehead atoms. The van der Waals surface area contributed by atoms with E-state index in [1.165, 1.54) is 0 Å². The minimum absolute atomic E-state index is 0.122. The molecular weight excluding hydrogens is 280 g/mol. The first-order valence-corrected chi connectivity index (χ1v) is 7.43. The van der Waals surface area contributed by atoms with Gasteiger partial charge in [-0.2, -0.15) is 0 Å². The summed E-state index contributed by atoms with van der Waals surface area (Å²) >= 11 is 0. The van der Waals surface area contributed by atoms with E-state index in [-0.39, 0.29) is 11.7 Å². The van der Waals surface area contributed by atoms with E-state index in [4.69, 9.17) is 14.6 Å². The van der Waals surface area contributed by atoms with E-state index < -0.39 is 5.97 Å². The summed E-state index contributed by atoms with van der Waals surface area (Å²) in [6.45, 7) is 2.56. The van der Waals surface area contributed by atoms with E-state index >= 15 is 0 Å². The van der Waals surface area contributed by atoms with Crippen LogP contribution in [0.5, 0.6) is 11.5 Å². The molecule has 1 heterocycles. The first-order valence-electron chi connectivity index (χ1n) is 7.43. The lowest BCUT2D eigenvalue weighted by molar-refractivity contribution is 0.0696. The number of carboxylic acid groups (broad SMARTS) is 1. The Labute approximate surface area is 129 Å². The Bertz CT molecular complexity index is 693. The first-order chi connectivity index (χ1) is 10.7. The Balaban J connectivity index is 1.85. The van der Waals surface area contributed by atoms with Crippen molar-refractivity contribution >= 4 is 5.97 Å². The zero-order valence-corrected chi connectivity index (χ0v) is 12.4. The molecule has 0 aliphatic carbocycles. The van der Waals surface area contributed by atoms with Crippen LogP contribution in [0.2, 0.25) is 0 Å². The molecule has 2 aromatic rings. The van der Waals surface area contributed by atoms with E-state index in [1.807, 2.05) is 31.2 Å². The Morgan fingerprint density at radius 1 is 1.32 bits per heavy atom. The van der Waals surface area contributed by atoms with Crippen molar-refractivity contribution in [3.63, 3.8) is 0 Å². The van der Waals surface area contributed by atoms with Gasteiger partial charge < -0.3 is 14.6 Å². The van der Waals surface area contributed by atoms with E-state index in [0.29, 0.717) is 6.61 Å². The zero-order chi connectivity index (χ0) is 15.5. The molecule has 0 saturated carbocycles. The standard InChI is InChI=1S/C18H18O4/c1-2-21-15-8-6-12-7-9-16(22-17(12)11-15)13-4-3-5-14(10-13)18(19)20/h3-6,8,10-11,16H,2,7,9H2,1H3,(H,19,20). The molecule has 3 rings (SSSR count). The van der Waals surface area contributed by atoms with Gasteiger partial charge in [-0.3, -0.25) is 0 Å². The zero-order valence-electron chi connectivity index (χ0n) is 12.4. The van der Waals surface area contributed by atoms with E-state index in [2.05, 4.69) is 0 Å². The van der Waals surface area contributed by atoms with Gasteiger partial charge in [-0.1, -0.05) is 18.2 Å². The van der Waals surface area contributed by atoms with Crippen molar-refractivity contribution in [3.8, 4) is 11.5 Å². The van der Waals surface area contributed by atoms with Gasteiger partial charge in [0.05, 0.1) is 12.2 Å². The summed E-state index contributed by atoms with van der Waals surface area (Å²) in [5.74, 6) is 0.695. The molecule has 1 N–H and O–H groups in total. The largest absolute Gasteiger partial charge is 0.494 e. The lowest BCUT2D eigenvalue weighted by Crippen LogP contribution is -2.15. The lowest BCUT2D eigenvalue weighted by Gasteiger charge is -2.27. The van der Waals surface area contributed by atoms with Crippen LogP contribution < -0.4 is 9.47 Å². The number of aryl methyl sites for hydroxylation is 1. The van der Waals surface area contributed by atoms with Crippen LogP contribution in [0, 0.1) is 0 Å². The van der Waals surface area contributed by atoms with Gasteiger partial charge in [0.1, 0.15) is 17.6 Å². The second-order valence-corrected chi connectivity index (χ2v) is 5.28. The molecule has 0 aromatic heterocycles. The predicted octanol–water partition coefficient (Wildman–Crippen LogP) is 3.85. The third kappa shape index (κ3) is 2.91. The van der Waals surface area contributed by atoms with Crippen LogP contribution in [-0.2, 0) is 6.42 Å². The number of carboxylic acids is 1. The monoisotopic (exact) mass is 298 g/mol. The number of hydrogen-bond donors (Lipinski definition) is 1. The van der Waals surface area contributed by atoms with Gasteiger partial charge in [-0.05, 0) is 49.1 Å². The molecule has 0 fully saturated rings. The van der Waals surface area contributed by atoms with E-state index in [0.717, 1.165) is 35.5 Å². The maximum Gasteiger partial charge on any atom is 0.335 e. The minimum Gasteiger partial charge on any atom is -0.494 e. The van der Waals surface area contributed by atoms with E-state index in [1.54, 1.807) is 18.2 Å². The van der Waals surface area contributed by atoms with Crippen molar-refractivity contribution in [1.82, 2.24) is 0 Å². The van der Waals surface area contributed by atoms with Crippen LogP contribution in [0.15, 0.2) is 42.5 Å². The Kier molecular flexibility index (Phi) is 4.00. The number of aromatic carboxylic acids is 1. The highest BCUT2D eigenvalue weighted by Gasteiger charge is 2.22. The molecule has 0 amide bonds. The fourth-order valence-corrected chi connectivity index (χ4v) is 2.71. The highest BCUT2D eigenvalue weighted by Crippen LogP contribution is 2.37. The Morgan fingerprint density at radius 2 is 2.18 bits per heavy atom. The van der Waals surface area contributed by atoms with Crippen LogP contribution in [-0.4, -0.2) is 17.7 Å². The van der Waals surface area contributed by atoms with Gasteiger partial charge in [-0.15, -0.1) is 0 Å². The number of ether oxygens (including phenoxy) is 2. The van der Waals surface area contributed by atoms with Gasteiger partial charge >= 0.3 is 5.97 Å². The van der Waals surface area contributed by atoms with Crippen molar-refractivity contribution < 1.29 is 19.4 Å². The molecule has 0 saturated heterocycles. The SMILES string of the molecule is CCOc1ccc2c(c1)OC(c1cccc(C(=O)O)c1)CC2. The van der Waals surface area contributed by atoms with Crippen molar-refractivity contribution in [2.24, 2.45) is 0 Å². The fraction of sp³-hybridized carbons (Fsp3) is 0.278. The summed E-state index contributed by atoms with van der Waals surface area (Å²) in [4.78, 5) is 11.1. The molecule has 4 nitrogen and oxygen atoms in total. The second-order valence-electron chi connectivity index (χ2n) is 5.28. The lowest BCUT2D eigenvalue weighted by atomic mass is 9.96. The van der Waals surface area contributed by atoms with Crippen molar-refractivity contribution in [2.45, 2.75) is 25.9 Å². The molecule has 114 valence electrons. The van der Waals surface area contributed by atoms with Crippen LogP contribution in [0.25, 0.3) is 0 Å². The summed E-state index contributed by atoms with van der Waals surface area (Å²) in [6.07, 6.45) is 1.62. The molecule has 1 aliphatic heterocycles. The highest BCUT2D eigenvalue weighted by molar-refractivity contribution is 5.87. The third-order valence-corrected chi connectivity index (χ3v) is 3.80. The normalized spacial score (nSPS) is 16.5. The van der Waals surface area contributed by atoms with Crippen LogP contribution in [0.1, 0.15) is 40.9 Å². The van der Waals surface area contributed by atoms with Gasteiger partial charge in [-0.25, -0.2) is 4.79 Å². The maximum atomic E-state index is 11.1. The highest BCUT2D eigenvalue weighted by atomic mass is 16.5. The number of benzene rings is 2. The number of hydrogen-bond acceptors (Lipinski definition) is 3. The maximum absolute atomic E-state index is 11.1. The molecule has 22 heavy (non-hydrogen) atoms. The van der Waals surface area contributed by atoms with Crippen LogP contribution >= 0.6 is 0 Å². The van der Waals surface area contributed by atoms with Gasteiger partial charge in [0.25, 0.3) is 0 Å². The molecule has 0 spiro atoms. The quantitative estimate of drug-likeness (QED) is 0.931. The fourth-order valence-electron chi connectivity index (χ4n) is 2.71. The second kappa shape index (κ2) is 6.10. The van der Waals surface area contributed by atoms with Crippen LogP contribution in [0.4, 0.5) is 0 Å². The summed E-state index contributed by atoms with van der Waals surface area (Å²) in [5, 5.41) is 9.10. The summed E-state index contributed by atoms with van der Waals surface area (Å²) in [6, 6.07) is 12.8. The topological polar surface area (TPSA) is 55.8 Å².